The highest BCUT2D eigenvalue weighted by molar-refractivity contribution is 6.42. The van der Waals surface area contributed by atoms with Gasteiger partial charge in [-0.15, -0.1) is 0 Å². The Balaban J connectivity index is 2.26. The molecule has 1 heterocycles. The molecular weight excluding hydrogens is 377 g/mol. The predicted molar refractivity (Wildman–Crippen MR) is 103 cm³/mol. The highest BCUT2D eigenvalue weighted by Gasteiger charge is 2.18. The molecule has 0 saturated carbocycles. The molecule has 3 aromatic rings. The first-order chi connectivity index (χ1) is 12.3. The number of benzene rings is 2. The van der Waals surface area contributed by atoms with Gasteiger partial charge in [-0.05, 0) is 36.2 Å². The van der Waals surface area contributed by atoms with Gasteiger partial charge in [-0.2, -0.15) is 0 Å². The van der Waals surface area contributed by atoms with Crippen LogP contribution in [0.4, 0.5) is 5.69 Å². The molecule has 0 aliphatic rings. The van der Waals surface area contributed by atoms with E-state index in [0.717, 1.165) is 0 Å². The molecule has 0 unspecified atom stereocenters. The molecule has 2 N–H and O–H groups in total. The molecule has 8 heteroatoms. The molecule has 0 spiro atoms. The van der Waals surface area contributed by atoms with Gasteiger partial charge in [0.05, 0.1) is 33.9 Å². The molecule has 1 aromatic heterocycles. The summed E-state index contributed by atoms with van der Waals surface area (Å²) in [5.74, 6) is -0.348. The van der Waals surface area contributed by atoms with Gasteiger partial charge < -0.3 is 10.5 Å². The summed E-state index contributed by atoms with van der Waals surface area (Å²) >= 11 is 12.3. The second-order valence-electron chi connectivity index (χ2n) is 5.85. The minimum Gasteiger partial charge on any atom is -0.469 e. The van der Waals surface area contributed by atoms with Crippen LogP contribution in [0.5, 0.6) is 0 Å². The largest absolute Gasteiger partial charge is 0.469 e. The first-order valence-corrected chi connectivity index (χ1v) is 8.61. The summed E-state index contributed by atoms with van der Waals surface area (Å²) in [5, 5.41) is 0.712. The fourth-order valence-corrected chi connectivity index (χ4v) is 3.28. The first-order valence-electron chi connectivity index (χ1n) is 7.86. The van der Waals surface area contributed by atoms with Crippen molar-refractivity contribution in [2.45, 2.75) is 12.8 Å². The van der Waals surface area contributed by atoms with Crippen LogP contribution < -0.4 is 11.4 Å². The summed E-state index contributed by atoms with van der Waals surface area (Å²) in [6.07, 6.45) is 0.503. The summed E-state index contributed by atoms with van der Waals surface area (Å²) in [6, 6.07) is 8.57. The second kappa shape index (κ2) is 7.05. The van der Waals surface area contributed by atoms with Crippen molar-refractivity contribution in [1.29, 1.82) is 0 Å². The highest BCUT2D eigenvalue weighted by Crippen LogP contribution is 2.30. The Morgan fingerprint density at radius 3 is 2.50 bits per heavy atom. The minimum absolute atomic E-state index is 0.157. The van der Waals surface area contributed by atoms with E-state index in [9.17, 15) is 9.59 Å². The Hall–Kier alpha value is -2.44. The van der Waals surface area contributed by atoms with E-state index in [4.69, 9.17) is 33.7 Å². The summed E-state index contributed by atoms with van der Waals surface area (Å²) in [7, 11) is 2.99. The molecule has 6 nitrogen and oxygen atoms in total. The average molecular weight is 394 g/mol. The number of aromatic nitrogens is 2. The standard InChI is InChI=1S/C18H17Cl2N3O3/c1-22-15-8-11(19)12(20)9-16(15)23(18(22)25)14-5-3-4-13(21)10(14)6-7-17(24)26-2/h3-5,8-9H,6-7,21H2,1-2H3. The van der Waals surface area contributed by atoms with Crippen LogP contribution >= 0.6 is 23.2 Å². The summed E-state index contributed by atoms with van der Waals surface area (Å²) in [5.41, 5.74) is 8.90. The number of hydrogen-bond acceptors (Lipinski definition) is 4. The first kappa shape index (κ1) is 18.4. The number of hydrogen-bond donors (Lipinski definition) is 1. The minimum atomic E-state index is -0.348. The van der Waals surface area contributed by atoms with Gasteiger partial charge in [0, 0.05) is 19.2 Å². The third kappa shape index (κ3) is 3.06. The van der Waals surface area contributed by atoms with Gasteiger partial charge in [-0.25, -0.2) is 4.79 Å². The normalized spacial score (nSPS) is 11.1. The zero-order valence-electron chi connectivity index (χ0n) is 14.3. The molecule has 0 fully saturated rings. The Labute approximate surface area is 159 Å². The number of nitrogens with two attached hydrogens (primary N) is 1. The molecule has 136 valence electrons. The number of nitrogens with zero attached hydrogens (tertiary/aromatic N) is 2. The Bertz CT molecular complexity index is 1070. The topological polar surface area (TPSA) is 79.2 Å². The van der Waals surface area contributed by atoms with E-state index in [1.165, 1.54) is 16.2 Å². The lowest BCUT2D eigenvalue weighted by Crippen LogP contribution is -2.22. The van der Waals surface area contributed by atoms with Crippen molar-refractivity contribution in [1.82, 2.24) is 9.13 Å². The third-order valence-corrected chi connectivity index (χ3v) is 5.06. The number of carbonyl (C=O) groups excluding carboxylic acids is 1. The quantitative estimate of drug-likeness (QED) is 0.544. The van der Waals surface area contributed by atoms with E-state index >= 15 is 0 Å². The van der Waals surface area contributed by atoms with Crippen molar-refractivity contribution in [2.24, 2.45) is 7.05 Å². The number of anilines is 1. The van der Waals surface area contributed by atoms with Gasteiger partial charge in [-0.3, -0.25) is 13.9 Å². The number of ether oxygens (including phenoxy) is 1. The molecule has 0 aliphatic heterocycles. The van der Waals surface area contributed by atoms with Crippen molar-refractivity contribution in [3.63, 3.8) is 0 Å². The van der Waals surface area contributed by atoms with E-state index in [1.807, 2.05) is 0 Å². The lowest BCUT2D eigenvalue weighted by molar-refractivity contribution is -0.140. The smallest absolute Gasteiger partial charge is 0.333 e. The van der Waals surface area contributed by atoms with Gasteiger partial charge in [0.1, 0.15) is 0 Å². The number of carbonyl (C=O) groups is 1. The maximum absolute atomic E-state index is 12.9. The van der Waals surface area contributed by atoms with Crippen molar-refractivity contribution >= 4 is 45.9 Å². The predicted octanol–water partition coefficient (Wildman–Crippen LogP) is 3.32. The molecular formula is C18H17Cl2N3O3. The lowest BCUT2D eigenvalue weighted by atomic mass is 10.0. The van der Waals surface area contributed by atoms with Gasteiger partial charge >= 0.3 is 11.7 Å². The SMILES string of the molecule is COC(=O)CCc1c(N)cccc1-n1c(=O)n(C)c2cc(Cl)c(Cl)cc21. The molecule has 2 aromatic carbocycles. The summed E-state index contributed by atoms with van der Waals surface area (Å²) in [6.45, 7) is 0. The lowest BCUT2D eigenvalue weighted by Gasteiger charge is -2.13. The number of fused-ring (bicyclic) bond motifs is 1. The molecule has 0 bridgehead atoms. The van der Waals surface area contributed by atoms with Gasteiger partial charge in [0.2, 0.25) is 0 Å². The zero-order chi connectivity index (χ0) is 19.0. The molecule has 26 heavy (non-hydrogen) atoms. The van der Waals surface area contributed by atoms with Crippen LogP contribution in [0, 0.1) is 0 Å². The van der Waals surface area contributed by atoms with Gasteiger partial charge in [0.15, 0.2) is 0 Å². The maximum Gasteiger partial charge on any atom is 0.333 e. The van der Waals surface area contributed by atoms with Crippen LogP contribution in [0.25, 0.3) is 16.7 Å². The van der Waals surface area contributed by atoms with Gasteiger partial charge in [0.25, 0.3) is 0 Å². The average Bonchev–Trinajstić information content (AvgIpc) is 2.84. The summed E-state index contributed by atoms with van der Waals surface area (Å²) in [4.78, 5) is 24.4. The van der Waals surface area contributed by atoms with Crippen molar-refractivity contribution in [2.75, 3.05) is 12.8 Å². The Kier molecular flexibility index (Phi) is 4.98. The fraction of sp³-hybridized carbons (Fsp3) is 0.222. The third-order valence-electron chi connectivity index (χ3n) is 4.33. The molecule has 0 aliphatic carbocycles. The number of aryl methyl sites for hydroxylation is 1. The van der Waals surface area contributed by atoms with E-state index in [-0.39, 0.29) is 18.1 Å². The number of halogens is 2. The number of rotatable bonds is 4. The molecule has 0 atom stereocenters. The van der Waals surface area contributed by atoms with Crippen LogP contribution in [-0.2, 0) is 23.0 Å². The van der Waals surface area contributed by atoms with E-state index in [1.54, 1.807) is 37.4 Å². The van der Waals surface area contributed by atoms with Crippen LogP contribution in [0.1, 0.15) is 12.0 Å². The highest BCUT2D eigenvalue weighted by atomic mass is 35.5. The molecule has 0 radical (unpaired) electrons. The van der Waals surface area contributed by atoms with E-state index in [2.05, 4.69) is 0 Å². The van der Waals surface area contributed by atoms with E-state index in [0.29, 0.717) is 44.4 Å². The number of nitrogen functional groups attached to an aromatic ring is 1. The monoisotopic (exact) mass is 393 g/mol. The Morgan fingerprint density at radius 2 is 1.85 bits per heavy atom. The summed E-state index contributed by atoms with van der Waals surface area (Å²) < 4.78 is 7.72. The van der Waals surface area contributed by atoms with Crippen LogP contribution in [0.3, 0.4) is 0 Å². The number of esters is 1. The fourth-order valence-electron chi connectivity index (χ4n) is 2.97. The maximum atomic E-state index is 12.9. The Morgan fingerprint density at radius 1 is 1.19 bits per heavy atom. The van der Waals surface area contributed by atoms with Crippen molar-refractivity contribution in [3.8, 4) is 5.69 Å². The van der Waals surface area contributed by atoms with Crippen molar-refractivity contribution < 1.29 is 9.53 Å². The molecule has 0 amide bonds. The number of imidazole rings is 1. The number of methoxy groups -OCH3 is 1. The van der Waals surface area contributed by atoms with Crippen LogP contribution in [-0.4, -0.2) is 22.2 Å². The van der Waals surface area contributed by atoms with E-state index < -0.39 is 0 Å². The molecule has 3 rings (SSSR count). The zero-order valence-corrected chi connectivity index (χ0v) is 15.8. The van der Waals surface area contributed by atoms with Crippen molar-refractivity contribution in [3.05, 3.63) is 56.4 Å². The second-order valence-corrected chi connectivity index (χ2v) is 6.67. The van der Waals surface area contributed by atoms with Crippen LogP contribution in [0.15, 0.2) is 35.1 Å². The van der Waals surface area contributed by atoms with Gasteiger partial charge in [-0.1, -0.05) is 29.3 Å². The van der Waals surface area contributed by atoms with Crippen LogP contribution in [0.2, 0.25) is 10.0 Å². The molecule has 0 saturated heterocycles.